The molecule has 0 saturated heterocycles. The van der Waals surface area contributed by atoms with Gasteiger partial charge in [-0.3, -0.25) is 0 Å². The Morgan fingerprint density at radius 2 is 1.11 bits per heavy atom. The maximum absolute atomic E-state index is 2.52. The second kappa shape index (κ2) is 3.74. The molecule has 0 spiro atoms. The van der Waals surface area contributed by atoms with E-state index in [1.165, 1.54) is 0 Å². The second-order valence-corrected chi connectivity index (χ2v) is 15.4. The van der Waals surface area contributed by atoms with Crippen molar-refractivity contribution >= 4 is 22.1 Å². The van der Waals surface area contributed by atoms with E-state index in [0.717, 1.165) is 0 Å². The molecular weight excluding hydrogens is 277 g/mol. The monoisotopic (exact) mass is 298 g/mol. The van der Waals surface area contributed by atoms with Crippen LogP contribution in [0.5, 0.6) is 0 Å². The molecule has 0 N–H and O–H groups in total. The first kappa shape index (κ1) is 12.0. The molecule has 0 fully saturated rings. The van der Waals surface area contributed by atoms with E-state index in [-0.39, 0.29) is 5.41 Å². The van der Waals surface area contributed by atoms with Gasteiger partial charge < -0.3 is 0 Å². The molecule has 18 heavy (non-hydrogen) atoms. The number of hydrogen-bond acceptors (Lipinski definition) is 0. The standard InChI is InChI=1S/C17H20Ge/c1-17(2)13-9-5-7-11-15(13)18(3,4)16-12-8-6-10-14(16)17/h5-12H,1-4H3. The van der Waals surface area contributed by atoms with E-state index in [9.17, 15) is 0 Å². The van der Waals surface area contributed by atoms with Gasteiger partial charge in [-0.15, -0.1) is 0 Å². The first-order valence-corrected chi connectivity index (χ1v) is 12.9. The zero-order valence-corrected chi connectivity index (χ0v) is 13.7. The van der Waals surface area contributed by atoms with Crippen LogP contribution >= 0.6 is 0 Å². The molecule has 1 aliphatic heterocycles. The van der Waals surface area contributed by atoms with Crippen LogP contribution < -0.4 is 8.79 Å². The van der Waals surface area contributed by atoms with Gasteiger partial charge in [0.25, 0.3) is 0 Å². The molecule has 0 atom stereocenters. The molecule has 0 amide bonds. The third kappa shape index (κ3) is 1.45. The number of rotatable bonds is 0. The molecule has 0 bridgehead atoms. The van der Waals surface area contributed by atoms with E-state index in [4.69, 9.17) is 0 Å². The van der Waals surface area contributed by atoms with E-state index in [2.05, 4.69) is 73.9 Å². The average Bonchev–Trinajstić information content (AvgIpc) is 2.37. The van der Waals surface area contributed by atoms with Crippen molar-refractivity contribution in [3.05, 3.63) is 59.7 Å². The van der Waals surface area contributed by atoms with Gasteiger partial charge in [-0.05, 0) is 0 Å². The minimum atomic E-state index is -2.09. The maximum atomic E-state index is 2.52. The molecule has 2 aromatic rings. The van der Waals surface area contributed by atoms with Crippen LogP contribution in [-0.2, 0) is 5.41 Å². The molecule has 0 radical (unpaired) electrons. The van der Waals surface area contributed by atoms with Gasteiger partial charge in [0.2, 0.25) is 0 Å². The van der Waals surface area contributed by atoms with Crippen LogP contribution in [-0.4, -0.2) is 13.3 Å². The Balaban J connectivity index is 2.41. The molecule has 1 aliphatic rings. The van der Waals surface area contributed by atoms with Gasteiger partial charge in [0.15, 0.2) is 0 Å². The molecule has 3 rings (SSSR count). The normalized spacial score (nSPS) is 18.9. The predicted octanol–water partition coefficient (Wildman–Crippen LogP) is 3.15. The molecular formula is C17H20Ge. The summed E-state index contributed by atoms with van der Waals surface area (Å²) in [6, 6.07) is 18.2. The van der Waals surface area contributed by atoms with Gasteiger partial charge in [-0.1, -0.05) is 0 Å². The van der Waals surface area contributed by atoms with Crippen molar-refractivity contribution in [1.29, 1.82) is 0 Å². The molecule has 0 nitrogen and oxygen atoms in total. The van der Waals surface area contributed by atoms with Gasteiger partial charge in [0, 0.05) is 0 Å². The van der Waals surface area contributed by atoms with Gasteiger partial charge >= 0.3 is 112 Å². The minimum absolute atomic E-state index is 0.147. The summed E-state index contributed by atoms with van der Waals surface area (Å²) in [6.45, 7) is 4.73. The van der Waals surface area contributed by atoms with Crippen molar-refractivity contribution in [2.45, 2.75) is 30.8 Å². The molecule has 0 aliphatic carbocycles. The van der Waals surface area contributed by atoms with Crippen LogP contribution in [0.25, 0.3) is 0 Å². The fourth-order valence-electron chi connectivity index (χ4n) is 3.44. The van der Waals surface area contributed by atoms with E-state index >= 15 is 0 Å². The van der Waals surface area contributed by atoms with Crippen LogP contribution in [0.1, 0.15) is 25.0 Å². The van der Waals surface area contributed by atoms with Crippen LogP contribution in [0.4, 0.5) is 0 Å². The van der Waals surface area contributed by atoms with Crippen LogP contribution in [0.2, 0.25) is 11.5 Å². The van der Waals surface area contributed by atoms with Gasteiger partial charge in [-0.25, -0.2) is 0 Å². The molecule has 0 unspecified atom stereocenters. The summed E-state index contributed by atoms with van der Waals surface area (Å²) in [5.41, 5.74) is 3.25. The number of fused-ring (bicyclic) bond motifs is 2. The fraction of sp³-hybridized carbons (Fsp3) is 0.294. The summed E-state index contributed by atoms with van der Waals surface area (Å²) in [4.78, 5) is 0. The zero-order chi connectivity index (χ0) is 13.0. The first-order valence-electron chi connectivity index (χ1n) is 6.65. The summed E-state index contributed by atoms with van der Waals surface area (Å²) in [6.07, 6.45) is 0. The third-order valence-corrected chi connectivity index (χ3v) is 12.0. The Bertz CT molecular complexity index is 503. The molecule has 1 heteroatoms. The van der Waals surface area contributed by atoms with Crippen molar-refractivity contribution < 1.29 is 0 Å². The van der Waals surface area contributed by atoms with Crippen LogP contribution in [0.15, 0.2) is 48.5 Å². The second-order valence-electron chi connectivity index (χ2n) is 6.34. The molecule has 0 aromatic heterocycles. The van der Waals surface area contributed by atoms with Gasteiger partial charge in [0.1, 0.15) is 0 Å². The van der Waals surface area contributed by atoms with Gasteiger partial charge in [-0.2, -0.15) is 0 Å². The summed E-state index contributed by atoms with van der Waals surface area (Å²) < 4.78 is 3.31. The van der Waals surface area contributed by atoms with E-state index in [0.29, 0.717) is 0 Å². The number of benzene rings is 2. The van der Waals surface area contributed by atoms with E-state index in [1.54, 1.807) is 19.9 Å². The quantitative estimate of drug-likeness (QED) is 0.655. The van der Waals surface area contributed by atoms with Crippen molar-refractivity contribution in [2.24, 2.45) is 0 Å². The topological polar surface area (TPSA) is 0 Å². The zero-order valence-electron chi connectivity index (χ0n) is 11.6. The molecule has 1 heterocycles. The Hall–Kier alpha value is -1.02. The number of hydrogen-bond donors (Lipinski definition) is 0. The summed E-state index contributed by atoms with van der Waals surface area (Å²) in [5.74, 6) is 5.04. The summed E-state index contributed by atoms with van der Waals surface area (Å²) >= 11 is -2.09. The Morgan fingerprint density at radius 3 is 1.56 bits per heavy atom. The van der Waals surface area contributed by atoms with E-state index < -0.39 is 13.3 Å². The van der Waals surface area contributed by atoms with Crippen LogP contribution in [0, 0.1) is 0 Å². The van der Waals surface area contributed by atoms with Crippen molar-refractivity contribution in [3.63, 3.8) is 0 Å². The molecule has 0 saturated carbocycles. The van der Waals surface area contributed by atoms with Crippen molar-refractivity contribution in [3.8, 4) is 0 Å². The third-order valence-electron chi connectivity index (χ3n) is 4.55. The molecule has 92 valence electrons. The Kier molecular flexibility index (Phi) is 2.50. The van der Waals surface area contributed by atoms with Crippen molar-refractivity contribution in [2.75, 3.05) is 0 Å². The van der Waals surface area contributed by atoms with E-state index in [1.807, 2.05) is 0 Å². The van der Waals surface area contributed by atoms with Crippen LogP contribution in [0.3, 0.4) is 0 Å². The van der Waals surface area contributed by atoms with Gasteiger partial charge in [0.05, 0.1) is 0 Å². The Morgan fingerprint density at radius 1 is 0.722 bits per heavy atom. The summed E-state index contributed by atoms with van der Waals surface area (Å²) in [7, 11) is 0. The molecule has 2 aromatic carbocycles. The predicted molar refractivity (Wildman–Crippen MR) is 81.8 cm³/mol. The first-order chi connectivity index (χ1) is 8.45. The average molecular weight is 297 g/mol. The summed E-state index contributed by atoms with van der Waals surface area (Å²) in [5, 5.41) is 0. The van der Waals surface area contributed by atoms with Crippen molar-refractivity contribution in [1.82, 2.24) is 0 Å². The SMILES string of the molecule is CC1(C)c2cccc[c]2[Ge]([CH3])([CH3])[c]2ccccc21. The Labute approximate surface area is 112 Å². The fourth-order valence-corrected chi connectivity index (χ4v) is 10.7.